The minimum atomic E-state index is -0.283. The highest BCUT2D eigenvalue weighted by molar-refractivity contribution is 5.98. The third kappa shape index (κ3) is 3.13. The van der Waals surface area contributed by atoms with Crippen LogP contribution in [-0.4, -0.2) is 17.2 Å². The van der Waals surface area contributed by atoms with Crippen molar-refractivity contribution < 1.29 is 9.90 Å². The Morgan fingerprint density at radius 1 is 1.04 bits per heavy atom. The summed E-state index contributed by atoms with van der Waals surface area (Å²) in [6, 6.07) is 16.7. The maximum absolute atomic E-state index is 12.1. The molecule has 3 aromatic carbocycles. The Labute approximate surface area is 140 Å². The first-order valence-electron chi connectivity index (χ1n) is 7.67. The summed E-state index contributed by atoms with van der Waals surface area (Å²) in [5.74, 6) is -0.132. The number of nitrogens with zero attached hydrogens (tertiary/aromatic N) is 1. The molecule has 4 heteroatoms. The molecule has 24 heavy (non-hydrogen) atoms. The molecular formula is C20H18N2O2. The van der Waals surface area contributed by atoms with Gasteiger partial charge >= 0.3 is 0 Å². The van der Waals surface area contributed by atoms with Gasteiger partial charge in [0.15, 0.2) is 0 Å². The van der Waals surface area contributed by atoms with E-state index >= 15 is 0 Å². The highest BCUT2D eigenvalue weighted by Crippen LogP contribution is 2.27. The van der Waals surface area contributed by atoms with Gasteiger partial charge in [0.1, 0.15) is 5.75 Å². The lowest BCUT2D eigenvalue weighted by Gasteiger charge is -2.05. The van der Waals surface area contributed by atoms with Crippen LogP contribution in [0.3, 0.4) is 0 Å². The molecule has 120 valence electrons. The summed E-state index contributed by atoms with van der Waals surface area (Å²) < 4.78 is 0. The number of carbonyl (C=O) groups is 1. The fourth-order valence-electron chi connectivity index (χ4n) is 2.48. The zero-order chi connectivity index (χ0) is 17.1. The lowest BCUT2D eigenvalue weighted by Crippen LogP contribution is -2.17. The molecular weight excluding hydrogens is 300 g/mol. The van der Waals surface area contributed by atoms with Gasteiger partial charge in [-0.15, -0.1) is 0 Å². The minimum Gasteiger partial charge on any atom is -0.507 e. The molecule has 0 atom stereocenters. The number of benzene rings is 3. The molecule has 3 rings (SSSR count). The van der Waals surface area contributed by atoms with Gasteiger partial charge in [-0.25, -0.2) is 5.43 Å². The van der Waals surface area contributed by atoms with Crippen LogP contribution in [0, 0.1) is 13.8 Å². The molecule has 0 spiro atoms. The zero-order valence-electron chi connectivity index (χ0n) is 13.6. The fraction of sp³-hybridized carbons (Fsp3) is 0.100. The fourth-order valence-corrected chi connectivity index (χ4v) is 2.48. The molecule has 2 N–H and O–H groups in total. The molecule has 0 aromatic heterocycles. The van der Waals surface area contributed by atoms with Gasteiger partial charge in [0, 0.05) is 16.5 Å². The second-order valence-electron chi connectivity index (χ2n) is 5.72. The van der Waals surface area contributed by atoms with E-state index in [1.54, 1.807) is 12.1 Å². The quantitative estimate of drug-likeness (QED) is 0.568. The Morgan fingerprint density at radius 2 is 1.83 bits per heavy atom. The number of phenols is 1. The largest absolute Gasteiger partial charge is 0.507 e. The van der Waals surface area contributed by atoms with Crippen molar-refractivity contribution in [2.24, 2.45) is 5.10 Å². The maximum Gasteiger partial charge on any atom is 0.271 e. The number of aryl methyl sites for hydroxylation is 2. The van der Waals surface area contributed by atoms with Gasteiger partial charge in [-0.1, -0.05) is 36.4 Å². The molecule has 3 aromatic rings. The van der Waals surface area contributed by atoms with Gasteiger partial charge in [0.2, 0.25) is 0 Å². The Bertz CT molecular complexity index is 946. The number of hydrogen-bond donors (Lipinski definition) is 2. The van der Waals surface area contributed by atoms with Crippen molar-refractivity contribution >= 4 is 22.9 Å². The summed E-state index contributed by atoms with van der Waals surface area (Å²) >= 11 is 0. The van der Waals surface area contributed by atoms with Gasteiger partial charge in [-0.3, -0.25) is 4.79 Å². The molecule has 4 nitrogen and oxygen atoms in total. The van der Waals surface area contributed by atoms with Crippen LogP contribution in [0.5, 0.6) is 5.75 Å². The summed E-state index contributed by atoms with van der Waals surface area (Å²) in [6.45, 7) is 3.96. The van der Waals surface area contributed by atoms with Crippen molar-refractivity contribution in [3.05, 3.63) is 76.9 Å². The lowest BCUT2D eigenvalue weighted by atomic mass is 10.1. The molecule has 1 amide bonds. The summed E-state index contributed by atoms with van der Waals surface area (Å²) in [4.78, 5) is 12.1. The van der Waals surface area contributed by atoms with Crippen molar-refractivity contribution in [1.29, 1.82) is 0 Å². The number of nitrogens with one attached hydrogen (secondary N) is 1. The number of hydrazone groups is 1. The van der Waals surface area contributed by atoms with E-state index in [4.69, 9.17) is 0 Å². The predicted octanol–water partition coefficient (Wildman–Crippen LogP) is 3.93. The van der Waals surface area contributed by atoms with E-state index in [0.717, 1.165) is 21.9 Å². The lowest BCUT2D eigenvalue weighted by molar-refractivity contribution is 0.0955. The van der Waals surface area contributed by atoms with Crippen molar-refractivity contribution in [1.82, 2.24) is 5.43 Å². The maximum atomic E-state index is 12.1. The van der Waals surface area contributed by atoms with E-state index < -0.39 is 0 Å². The van der Waals surface area contributed by atoms with Crippen LogP contribution in [0.15, 0.2) is 59.7 Å². The average molecular weight is 318 g/mol. The first-order chi connectivity index (χ1) is 11.6. The van der Waals surface area contributed by atoms with Crippen LogP contribution in [0.4, 0.5) is 0 Å². The monoisotopic (exact) mass is 318 g/mol. The smallest absolute Gasteiger partial charge is 0.271 e. The van der Waals surface area contributed by atoms with E-state index in [1.807, 2.05) is 56.3 Å². The number of amides is 1. The summed E-state index contributed by atoms with van der Waals surface area (Å²) in [5, 5.41) is 15.9. The van der Waals surface area contributed by atoms with Crippen LogP contribution in [0.2, 0.25) is 0 Å². The number of rotatable bonds is 3. The molecule has 0 aliphatic heterocycles. The minimum absolute atomic E-state index is 0.150. The highest BCUT2D eigenvalue weighted by atomic mass is 16.3. The number of carbonyl (C=O) groups excluding carboxylic acids is 1. The van der Waals surface area contributed by atoms with Gasteiger partial charge in [0.25, 0.3) is 5.91 Å². The standard InChI is InChI=1S/C20H18N2O2/c1-13-7-8-16(11-14(13)2)20(24)22-21-12-17-10-9-15-5-3-4-6-18(15)19(17)23/h3-12,23H,1-2H3,(H,22,24)/b21-12+. The van der Waals surface area contributed by atoms with E-state index in [0.29, 0.717) is 11.1 Å². The molecule has 0 saturated heterocycles. The van der Waals surface area contributed by atoms with Crippen molar-refractivity contribution in [3.63, 3.8) is 0 Å². The Kier molecular flexibility index (Phi) is 4.29. The van der Waals surface area contributed by atoms with Crippen molar-refractivity contribution in [3.8, 4) is 5.75 Å². The molecule has 0 unspecified atom stereocenters. The summed E-state index contributed by atoms with van der Waals surface area (Å²) in [5.41, 5.74) is 5.78. The van der Waals surface area contributed by atoms with E-state index in [2.05, 4.69) is 10.5 Å². The third-order valence-corrected chi connectivity index (χ3v) is 4.07. The first kappa shape index (κ1) is 15.7. The SMILES string of the molecule is Cc1ccc(C(=O)N/N=C/c2ccc3ccccc3c2O)cc1C. The van der Waals surface area contributed by atoms with Crippen LogP contribution in [-0.2, 0) is 0 Å². The predicted molar refractivity (Wildman–Crippen MR) is 96.6 cm³/mol. The molecule has 0 radical (unpaired) electrons. The van der Waals surface area contributed by atoms with Gasteiger partial charge in [-0.05, 0) is 48.6 Å². The number of phenolic OH excluding ortho intramolecular Hbond substituents is 1. The molecule has 0 aliphatic carbocycles. The molecule has 0 fully saturated rings. The first-order valence-corrected chi connectivity index (χ1v) is 7.67. The second-order valence-corrected chi connectivity index (χ2v) is 5.72. The Hall–Kier alpha value is -3.14. The van der Waals surface area contributed by atoms with Crippen LogP contribution >= 0.6 is 0 Å². The molecule has 0 heterocycles. The Balaban J connectivity index is 1.77. The van der Waals surface area contributed by atoms with Crippen LogP contribution in [0.1, 0.15) is 27.0 Å². The van der Waals surface area contributed by atoms with Gasteiger partial charge in [0.05, 0.1) is 6.21 Å². The number of aromatic hydroxyl groups is 1. The number of hydrogen-bond acceptors (Lipinski definition) is 3. The average Bonchev–Trinajstić information content (AvgIpc) is 2.59. The van der Waals surface area contributed by atoms with Gasteiger partial charge < -0.3 is 5.11 Å². The summed E-state index contributed by atoms with van der Waals surface area (Å²) in [7, 11) is 0. The van der Waals surface area contributed by atoms with Crippen molar-refractivity contribution in [2.45, 2.75) is 13.8 Å². The molecule has 0 saturated carbocycles. The zero-order valence-corrected chi connectivity index (χ0v) is 13.6. The molecule has 0 aliphatic rings. The van der Waals surface area contributed by atoms with Crippen LogP contribution < -0.4 is 5.43 Å². The van der Waals surface area contributed by atoms with E-state index in [1.165, 1.54) is 6.21 Å². The van der Waals surface area contributed by atoms with Crippen molar-refractivity contribution in [2.75, 3.05) is 0 Å². The number of fused-ring (bicyclic) bond motifs is 1. The summed E-state index contributed by atoms with van der Waals surface area (Å²) in [6.07, 6.45) is 1.45. The normalized spacial score (nSPS) is 11.1. The molecule has 0 bridgehead atoms. The Morgan fingerprint density at radius 3 is 2.62 bits per heavy atom. The highest BCUT2D eigenvalue weighted by Gasteiger charge is 2.06. The van der Waals surface area contributed by atoms with E-state index in [9.17, 15) is 9.90 Å². The third-order valence-electron chi connectivity index (χ3n) is 4.07. The second kappa shape index (κ2) is 6.54. The van der Waals surface area contributed by atoms with Gasteiger partial charge in [-0.2, -0.15) is 5.10 Å². The van der Waals surface area contributed by atoms with E-state index in [-0.39, 0.29) is 11.7 Å². The topological polar surface area (TPSA) is 61.7 Å². The van der Waals surface area contributed by atoms with Crippen LogP contribution in [0.25, 0.3) is 10.8 Å².